The first-order valence-electron chi connectivity index (χ1n) is 6.66. The zero-order valence-corrected chi connectivity index (χ0v) is 13.8. The topological polar surface area (TPSA) is 20.3 Å². The van der Waals surface area contributed by atoms with Gasteiger partial charge in [-0.15, -0.1) is 11.8 Å². The molecule has 1 aliphatic rings. The Labute approximate surface area is 128 Å². The van der Waals surface area contributed by atoms with Crippen molar-refractivity contribution in [2.75, 3.05) is 11.9 Å². The molecular formula is C15H20BrNOS. The van der Waals surface area contributed by atoms with Gasteiger partial charge in [-0.3, -0.25) is 4.79 Å². The number of carbonyl (C=O) groups excluding carboxylic acids is 1. The van der Waals surface area contributed by atoms with Crippen molar-refractivity contribution in [3.63, 3.8) is 0 Å². The van der Waals surface area contributed by atoms with E-state index in [2.05, 4.69) is 29.8 Å². The summed E-state index contributed by atoms with van der Waals surface area (Å²) in [6, 6.07) is 10.1. The van der Waals surface area contributed by atoms with Crippen LogP contribution in [-0.4, -0.2) is 27.6 Å². The Morgan fingerprint density at radius 3 is 2.58 bits per heavy atom. The summed E-state index contributed by atoms with van der Waals surface area (Å²) in [7, 11) is 0. The highest BCUT2D eigenvalue weighted by Crippen LogP contribution is 2.48. The number of benzene rings is 1. The van der Waals surface area contributed by atoms with Crippen molar-refractivity contribution < 1.29 is 4.79 Å². The first-order valence-corrected chi connectivity index (χ1v) is 8.66. The highest BCUT2D eigenvalue weighted by atomic mass is 79.9. The molecule has 4 heteroatoms. The summed E-state index contributed by atoms with van der Waals surface area (Å²) in [5.41, 5.74) is 1.12. The van der Waals surface area contributed by atoms with E-state index in [0.29, 0.717) is 0 Å². The molecule has 0 saturated carbocycles. The van der Waals surface area contributed by atoms with Crippen molar-refractivity contribution in [2.45, 2.75) is 36.8 Å². The summed E-state index contributed by atoms with van der Waals surface area (Å²) in [5.74, 6) is 0.260. The predicted octanol–water partition coefficient (Wildman–Crippen LogP) is 4.21. The molecule has 104 valence electrons. The van der Waals surface area contributed by atoms with Crippen molar-refractivity contribution in [3.8, 4) is 0 Å². The molecule has 0 radical (unpaired) electrons. The molecule has 1 atom stereocenters. The van der Waals surface area contributed by atoms with E-state index in [1.165, 1.54) is 0 Å². The Hall–Kier alpha value is -0.480. The van der Waals surface area contributed by atoms with Crippen LogP contribution >= 0.6 is 27.7 Å². The van der Waals surface area contributed by atoms with E-state index in [1.807, 2.05) is 35.2 Å². The maximum absolute atomic E-state index is 12.6. The fourth-order valence-electron chi connectivity index (χ4n) is 2.39. The van der Waals surface area contributed by atoms with Crippen LogP contribution in [0.5, 0.6) is 0 Å². The fraction of sp³-hybridized carbons (Fsp3) is 0.533. The largest absolute Gasteiger partial charge is 0.327 e. The van der Waals surface area contributed by atoms with Crippen LogP contribution < -0.4 is 0 Å². The van der Waals surface area contributed by atoms with E-state index in [4.69, 9.17) is 0 Å². The Bertz CT molecular complexity index is 435. The Morgan fingerprint density at radius 2 is 1.95 bits per heavy atom. The van der Waals surface area contributed by atoms with Crippen molar-refractivity contribution in [2.24, 2.45) is 0 Å². The Kier molecular flexibility index (Phi) is 4.96. The van der Waals surface area contributed by atoms with E-state index >= 15 is 0 Å². The molecule has 1 aromatic carbocycles. The lowest BCUT2D eigenvalue weighted by molar-refractivity contribution is -0.131. The molecule has 19 heavy (non-hydrogen) atoms. The zero-order valence-electron chi connectivity index (χ0n) is 11.4. The highest BCUT2D eigenvalue weighted by Gasteiger charge is 2.45. The number of carbonyl (C=O) groups is 1. The summed E-state index contributed by atoms with van der Waals surface area (Å²) >= 11 is 5.20. The van der Waals surface area contributed by atoms with E-state index < -0.39 is 0 Å². The average Bonchev–Trinajstić information content (AvgIpc) is 2.63. The minimum absolute atomic E-state index is 0.0415. The number of thioether (sulfide) groups is 1. The summed E-state index contributed by atoms with van der Waals surface area (Å²) in [4.78, 5) is 14.5. The van der Waals surface area contributed by atoms with Crippen LogP contribution in [0.3, 0.4) is 0 Å². The predicted molar refractivity (Wildman–Crippen MR) is 85.6 cm³/mol. The zero-order chi connectivity index (χ0) is 13.9. The molecule has 0 spiro atoms. The third-order valence-electron chi connectivity index (χ3n) is 3.41. The summed E-state index contributed by atoms with van der Waals surface area (Å²) < 4.78 is 0. The first-order chi connectivity index (χ1) is 9.06. The molecule has 1 amide bonds. The van der Waals surface area contributed by atoms with Gasteiger partial charge in [-0.05, 0) is 32.3 Å². The SMILES string of the molecule is CC1(C)SC(c2ccccc2)C(=O)N1CCCCBr. The van der Waals surface area contributed by atoms with Gasteiger partial charge in [-0.2, -0.15) is 0 Å². The standard InChI is InChI=1S/C15H20BrNOS/c1-15(2)17(11-7-6-10-16)14(18)13(19-15)12-8-4-3-5-9-12/h3-5,8-9,13H,6-7,10-11H2,1-2H3. The number of hydrogen-bond donors (Lipinski definition) is 0. The molecule has 0 bridgehead atoms. The van der Waals surface area contributed by atoms with E-state index in [-0.39, 0.29) is 16.0 Å². The third-order valence-corrected chi connectivity index (χ3v) is 5.48. The third kappa shape index (κ3) is 3.34. The maximum atomic E-state index is 12.6. The van der Waals surface area contributed by atoms with Crippen LogP contribution in [-0.2, 0) is 4.79 Å². The van der Waals surface area contributed by atoms with Crippen molar-refractivity contribution >= 4 is 33.6 Å². The Balaban J connectivity index is 2.12. The maximum Gasteiger partial charge on any atom is 0.241 e. The number of hydrogen-bond acceptors (Lipinski definition) is 2. The van der Waals surface area contributed by atoms with Gasteiger partial charge in [-0.1, -0.05) is 46.3 Å². The van der Waals surface area contributed by atoms with Crippen molar-refractivity contribution in [1.29, 1.82) is 0 Å². The molecule has 0 N–H and O–H groups in total. The van der Waals surface area contributed by atoms with E-state index in [0.717, 1.165) is 30.3 Å². The number of rotatable bonds is 5. The second-order valence-corrected chi connectivity index (χ2v) is 7.74. The molecule has 1 aromatic rings. The monoisotopic (exact) mass is 341 g/mol. The Morgan fingerprint density at radius 1 is 1.26 bits per heavy atom. The summed E-state index contributed by atoms with van der Waals surface area (Å²) in [6.07, 6.45) is 2.17. The van der Waals surface area contributed by atoms with Crippen LogP contribution in [0.1, 0.15) is 37.5 Å². The molecule has 1 unspecified atom stereocenters. The van der Waals surface area contributed by atoms with Crippen LogP contribution in [0.2, 0.25) is 0 Å². The molecule has 1 aliphatic heterocycles. The number of amides is 1. The minimum atomic E-state index is -0.107. The minimum Gasteiger partial charge on any atom is -0.327 e. The summed E-state index contributed by atoms with van der Waals surface area (Å²) in [5, 5.41) is 0.963. The van der Waals surface area contributed by atoms with Crippen LogP contribution in [0, 0.1) is 0 Å². The quantitative estimate of drug-likeness (QED) is 0.590. The highest BCUT2D eigenvalue weighted by molar-refractivity contribution is 9.09. The second-order valence-electron chi connectivity index (χ2n) is 5.24. The van der Waals surface area contributed by atoms with Crippen LogP contribution in [0.15, 0.2) is 30.3 Å². The van der Waals surface area contributed by atoms with E-state index in [9.17, 15) is 4.79 Å². The van der Waals surface area contributed by atoms with Gasteiger partial charge in [0.2, 0.25) is 5.91 Å². The smallest absolute Gasteiger partial charge is 0.241 e. The van der Waals surface area contributed by atoms with E-state index in [1.54, 1.807) is 11.8 Å². The van der Waals surface area contributed by atoms with Crippen LogP contribution in [0.25, 0.3) is 0 Å². The molecule has 2 rings (SSSR count). The number of unbranched alkanes of at least 4 members (excludes halogenated alkanes) is 1. The molecule has 1 saturated heterocycles. The lowest BCUT2D eigenvalue weighted by Crippen LogP contribution is -2.40. The van der Waals surface area contributed by atoms with Gasteiger partial charge in [0.1, 0.15) is 5.25 Å². The van der Waals surface area contributed by atoms with Crippen LogP contribution in [0.4, 0.5) is 0 Å². The van der Waals surface area contributed by atoms with Gasteiger partial charge in [0.25, 0.3) is 0 Å². The lowest BCUT2D eigenvalue weighted by atomic mass is 10.1. The molecule has 1 heterocycles. The van der Waals surface area contributed by atoms with Crippen molar-refractivity contribution in [1.82, 2.24) is 4.90 Å². The second kappa shape index (κ2) is 6.31. The first kappa shape index (κ1) is 14.9. The van der Waals surface area contributed by atoms with Gasteiger partial charge < -0.3 is 4.90 Å². The van der Waals surface area contributed by atoms with Gasteiger partial charge in [0.15, 0.2) is 0 Å². The number of nitrogens with zero attached hydrogens (tertiary/aromatic N) is 1. The number of alkyl halides is 1. The molecule has 0 aliphatic carbocycles. The fourth-order valence-corrected chi connectivity index (χ4v) is 4.19. The summed E-state index contributed by atoms with van der Waals surface area (Å²) in [6.45, 7) is 5.15. The van der Waals surface area contributed by atoms with Gasteiger partial charge in [0, 0.05) is 11.9 Å². The molecule has 1 fully saturated rings. The lowest BCUT2D eigenvalue weighted by Gasteiger charge is -2.30. The van der Waals surface area contributed by atoms with Gasteiger partial charge in [0.05, 0.1) is 4.87 Å². The molecular weight excluding hydrogens is 322 g/mol. The molecule has 0 aromatic heterocycles. The average molecular weight is 342 g/mol. The normalized spacial score (nSPS) is 21.9. The molecule has 2 nitrogen and oxygen atoms in total. The van der Waals surface area contributed by atoms with Gasteiger partial charge in [-0.25, -0.2) is 0 Å². The number of halogens is 1. The van der Waals surface area contributed by atoms with Crippen molar-refractivity contribution in [3.05, 3.63) is 35.9 Å². The van der Waals surface area contributed by atoms with Gasteiger partial charge >= 0.3 is 0 Å².